The number of nitrogens with zero attached hydrogens (tertiary/aromatic N) is 2. The number of benzene rings is 1. The predicted molar refractivity (Wildman–Crippen MR) is 115 cm³/mol. The zero-order valence-corrected chi connectivity index (χ0v) is 17.6. The molecule has 0 spiro atoms. The number of rotatable bonds is 10. The molecule has 1 heterocycles. The molecule has 0 aliphatic heterocycles. The molecule has 9 heteroatoms. The van der Waals surface area contributed by atoms with Gasteiger partial charge in [-0.1, -0.05) is 32.4 Å². The van der Waals surface area contributed by atoms with Crippen molar-refractivity contribution >= 4 is 23.3 Å². The summed E-state index contributed by atoms with van der Waals surface area (Å²) in [6.45, 7) is 4.20. The fraction of sp³-hybridized carbons (Fsp3) is 0.429. The first kappa shape index (κ1) is 22.9. The third-order valence-corrected chi connectivity index (χ3v) is 4.64. The van der Waals surface area contributed by atoms with Gasteiger partial charge < -0.3 is 15.8 Å². The fourth-order valence-electron chi connectivity index (χ4n) is 2.98. The van der Waals surface area contributed by atoms with Crippen LogP contribution in [0.3, 0.4) is 0 Å². The van der Waals surface area contributed by atoms with Gasteiger partial charge in [-0.2, -0.15) is 0 Å². The molecule has 0 radical (unpaired) electrons. The Balaban J connectivity index is 2.22. The number of unbranched alkanes of at least 4 members (excludes halogenated alkanes) is 1. The van der Waals surface area contributed by atoms with E-state index in [2.05, 4.69) is 12.2 Å². The molecule has 0 aliphatic carbocycles. The molecule has 162 valence electrons. The number of ether oxygens (including phenoxy) is 1. The summed E-state index contributed by atoms with van der Waals surface area (Å²) in [5, 5.41) is 3.17. The van der Waals surface area contributed by atoms with Crippen molar-refractivity contribution in [2.75, 3.05) is 24.2 Å². The second kappa shape index (κ2) is 10.4. The van der Waals surface area contributed by atoms with Crippen LogP contribution in [0.25, 0.3) is 0 Å². The molecule has 0 bridgehead atoms. The molecule has 0 saturated carbocycles. The van der Waals surface area contributed by atoms with Gasteiger partial charge >= 0.3 is 11.7 Å². The maximum Gasteiger partial charge on any atom is 0.340 e. The summed E-state index contributed by atoms with van der Waals surface area (Å²) in [5.41, 5.74) is 5.06. The maximum absolute atomic E-state index is 12.6. The van der Waals surface area contributed by atoms with Crippen molar-refractivity contribution in [2.24, 2.45) is 7.05 Å². The van der Waals surface area contributed by atoms with Crippen molar-refractivity contribution < 1.29 is 14.3 Å². The lowest BCUT2D eigenvalue weighted by atomic mass is 10.1. The Labute approximate surface area is 174 Å². The normalized spacial score (nSPS) is 10.6. The van der Waals surface area contributed by atoms with Crippen molar-refractivity contribution in [2.45, 2.75) is 39.7 Å². The van der Waals surface area contributed by atoms with Gasteiger partial charge in [0.05, 0.1) is 5.56 Å². The van der Waals surface area contributed by atoms with E-state index in [0.29, 0.717) is 24.2 Å². The lowest BCUT2D eigenvalue weighted by Gasteiger charge is -2.14. The Morgan fingerprint density at radius 1 is 1.13 bits per heavy atom. The van der Waals surface area contributed by atoms with Crippen LogP contribution in [-0.4, -0.2) is 34.0 Å². The molecule has 0 atom stereocenters. The molecule has 0 fully saturated rings. The van der Waals surface area contributed by atoms with Crippen LogP contribution in [0.2, 0.25) is 0 Å². The van der Waals surface area contributed by atoms with Gasteiger partial charge in [-0.05, 0) is 25.0 Å². The summed E-state index contributed by atoms with van der Waals surface area (Å²) >= 11 is 0. The summed E-state index contributed by atoms with van der Waals surface area (Å²) in [7, 11) is 1.28. The molecular weight excluding hydrogens is 388 g/mol. The molecule has 0 unspecified atom stereocenters. The van der Waals surface area contributed by atoms with E-state index < -0.39 is 29.6 Å². The van der Waals surface area contributed by atoms with Gasteiger partial charge in [-0.25, -0.2) is 9.59 Å². The Morgan fingerprint density at radius 2 is 1.83 bits per heavy atom. The van der Waals surface area contributed by atoms with E-state index in [4.69, 9.17) is 10.5 Å². The topological polar surface area (TPSA) is 125 Å². The molecule has 2 rings (SSSR count). The highest BCUT2D eigenvalue weighted by molar-refractivity contribution is 6.03. The molecule has 0 amide bonds. The van der Waals surface area contributed by atoms with Gasteiger partial charge in [0.2, 0.25) is 5.78 Å². The van der Waals surface area contributed by atoms with Gasteiger partial charge in [0.1, 0.15) is 11.4 Å². The molecule has 1 aromatic heterocycles. The number of esters is 1. The SMILES string of the molecule is CCCCNc1ccccc1C(=O)OCC(=O)c1c(N)n(CCC)c(=O)n(C)c1=O. The standard InChI is InChI=1S/C21H28N4O5/c1-4-6-11-23-15-10-8-7-9-14(15)20(28)30-13-16(26)17-18(22)25(12-5-2)21(29)24(3)19(17)27/h7-10,23H,4-6,11-13,22H2,1-3H3. The van der Waals surface area contributed by atoms with E-state index in [1.807, 2.05) is 6.92 Å². The number of nitrogen functional groups attached to an aromatic ring is 1. The number of Topliss-reactive ketones (excluding diaryl/α,β-unsaturated/α-hetero) is 1. The highest BCUT2D eigenvalue weighted by Gasteiger charge is 2.23. The Morgan fingerprint density at radius 3 is 2.50 bits per heavy atom. The van der Waals surface area contributed by atoms with E-state index in [1.54, 1.807) is 24.3 Å². The summed E-state index contributed by atoms with van der Waals surface area (Å²) in [6, 6.07) is 6.83. The first-order chi connectivity index (χ1) is 14.3. The molecule has 0 aliphatic rings. The number of hydrogen-bond donors (Lipinski definition) is 2. The maximum atomic E-state index is 12.6. The van der Waals surface area contributed by atoms with Gasteiger partial charge in [0, 0.05) is 25.8 Å². The van der Waals surface area contributed by atoms with Crippen molar-refractivity contribution in [3.8, 4) is 0 Å². The third-order valence-electron chi connectivity index (χ3n) is 4.64. The number of nitrogens with two attached hydrogens (primary N) is 1. The highest BCUT2D eigenvalue weighted by atomic mass is 16.5. The van der Waals surface area contributed by atoms with Crippen LogP contribution >= 0.6 is 0 Å². The smallest absolute Gasteiger partial charge is 0.340 e. The molecule has 2 aromatic rings. The van der Waals surface area contributed by atoms with Gasteiger partial charge in [0.15, 0.2) is 6.61 Å². The number of hydrogen-bond acceptors (Lipinski definition) is 7. The largest absolute Gasteiger partial charge is 0.454 e. The van der Waals surface area contributed by atoms with Gasteiger partial charge in [0.25, 0.3) is 5.56 Å². The average Bonchev–Trinajstić information content (AvgIpc) is 2.74. The van der Waals surface area contributed by atoms with E-state index >= 15 is 0 Å². The van der Waals surface area contributed by atoms with Crippen LogP contribution in [-0.2, 0) is 18.3 Å². The van der Waals surface area contributed by atoms with Crippen LogP contribution in [0.4, 0.5) is 11.5 Å². The molecule has 30 heavy (non-hydrogen) atoms. The highest BCUT2D eigenvalue weighted by Crippen LogP contribution is 2.17. The summed E-state index contributed by atoms with van der Waals surface area (Å²) < 4.78 is 7.15. The van der Waals surface area contributed by atoms with Crippen LogP contribution in [0.5, 0.6) is 0 Å². The Kier molecular flexibility index (Phi) is 7.97. The Hall–Kier alpha value is -3.36. The molecule has 9 nitrogen and oxygen atoms in total. The molecular formula is C21H28N4O5. The van der Waals surface area contributed by atoms with Crippen LogP contribution in [0.15, 0.2) is 33.9 Å². The first-order valence-electron chi connectivity index (χ1n) is 9.95. The van der Waals surface area contributed by atoms with Gasteiger partial charge in [-0.3, -0.25) is 18.7 Å². The average molecular weight is 416 g/mol. The number of carbonyl (C=O) groups is 2. The fourth-order valence-corrected chi connectivity index (χ4v) is 2.98. The zero-order chi connectivity index (χ0) is 22.3. The summed E-state index contributed by atoms with van der Waals surface area (Å²) in [6.07, 6.45) is 2.54. The first-order valence-corrected chi connectivity index (χ1v) is 9.95. The predicted octanol–water partition coefficient (Wildman–Crippen LogP) is 1.79. The number of nitrogens with one attached hydrogen (secondary N) is 1. The minimum Gasteiger partial charge on any atom is -0.454 e. The number of aromatic nitrogens is 2. The van der Waals surface area contributed by atoms with Crippen molar-refractivity contribution in [3.05, 3.63) is 56.2 Å². The Bertz CT molecular complexity index is 1040. The van der Waals surface area contributed by atoms with Crippen LogP contribution < -0.4 is 22.3 Å². The van der Waals surface area contributed by atoms with Gasteiger partial charge in [-0.15, -0.1) is 0 Å². The second-order valence-corrected chi connectivity index (χ2v) is 6.88. The van der Waals surface area contributed by atoms with E-state index in [-0.39, 0.29) is 17.9 Å². The number of carbonyl (C=O) groups excluding carboxylic acids is 2. The molecule has 0 saturated heterocycles. The summed E-state index contributed by atoms with van der Waals surface area (Å²) in [5.74, 6) is -1.67. The van der Waals surface area contributed by atoms with E-state index in [1.165, 1.54) is 11.6 Å². The number of ketones is 1. The van der Waals surface area contributed by atoms with Crippen molar-refractivity contribution in [3.63, 3.8) is 0 Å². The van der Waals surface area contributed by atoms with Crippen molar-refractivity contribution in [1.29, 1.82) is 0 Å². The minimum absolute atomic E-state index is 0.215. The van der Waals surface area contributed by atoms with E-state index in [9.17, 15) is 19.2 Å². The van der Waals surface area contributed by atoms with Crippen molar-refractivity contribution in [1.82, 2.24) is 9.13 Å². The minimum atomic E-state index is -0.812. The zero-order valence-electron chi connectivity index (χ0n) is 17.6. The monoisotopic (exact) mass is 416 g/mol. The quantitative estimate of drug-likeness (QED) is 0.344. The number of para-hydroxylation sites is 1. The van der Waals surface area contributed by atoms with Crippen LogP contribution in [0.1, 0.15) is 53.8 Å². The summed E-state index contributed by atoms with van der Waals surface area (Å²) in [4.78, 5) is 49.8. The molecule has 3 N–H and O–H groups in total. The lowest BCUT2D eigenvalue weighted by molar-refractivity contribution is 0.0475. The lowest BCUT2D eigenvalue weighted by Crippen LogP contribution is -2.43. The third kappa shape index (κ3) is 4.97. The number of anilines is 2. The molecule has 1 aromatic carbocycles. The van der Waals surface area contributed by atoms with Crippen LogP contribution in [0, 0.1) is 0 Å². The van der Waals surface area contributed by atoms with E-state index in [0.717, 1.165) is 17.4 Å². The second-order valence-electron chi connectivity index (χ2n) is 6.88.